The fourth-order valence-corrected chi connectivity index (χ4v) is 2.68. The number of carbonyl (C=O) groups is 1. The number of benzene rings is 1. The van der Waals surface area contributed by atoms with Crippen LogP contribution in [0.25, 0.3) is 10.9 Å². The number of thioether (sulfide) groups is 1. The number of pyridine rings is 1. The molecule has 3 nitrogen and oxygen atoms in total. The van der Waals surface area contributed by atoms with Crippen LogP contribution in [0.15, 0.2) is 29.3 Å². The van der Waals surface area contributed by atoms with E-state index in [9.17, 15) is 9.90 Å². The first-order valence-corrected chi connectivity index (χ1v) is 6.82. The Kier molecular flexibility index (Phi) is 3.87. The molecular formula is C14H14NO2S-. The monoisotopic (exact) mass is 260 g/mol. The molecule has 1 aromatic heterocycles. The Bertz CT molecular complexity index is 596. The molecule has 0 saturated carbocycles. The van der Waals surface area contributed by atoms with E-state index in [0.29, 0.717) is 0 Å². The van der Waals surface area contributed by atoms with Crippen LogP contribution in [0, 0.1) is 6.92 Å². The second-order valence-corrected chi connectivity index (χ2v) is 5.08. The van der Waals surface area contributed by atoms with Crippen LogP contribution in [-0.2, 0) is 11.2 Å². The van der Waals surface area contributed by atoms with Crippen molar-refractivity contribution in [1.29, 1.82) is 0 Å². The number of carboxylic acids is 1. The van der Waals surface area contributed by atoms with Crippen molar-refractivity contribution in [3.05, 3.63) is 35.4 Å². The Labute approximate surface area is 110 Å². The summed E-state index contributed by atoms with van der Waals surface area (Å²) in [5, 5.41) is 12.4. The third kappa shape index (κ3) is 2.64. The third-order valence-electron chi connectivity index (χ3n) is 2.79. The molecule has 0 aliphatic carbocycles. The molecule has 0 aliphatic heterocycles. The smallest absolute Gasteiger partial charge is 0.100 e. The average Bonchev–Trinajstić information content (AvgIpc) is 2.36. The lowest BCUT2D eigenvalue weighted by molar-refractivity contribution is -0.301. The van der Waals surface area contributed by atoms with Gasteiger partial charge in [0, 0.05) is 11.1 Å². The molecule has 0 aliphatic rings. The fraction of sp³-hybridized carbons (Fsp3) is 0.286. The van der Waals surface area contributed by atoms with Crippen LogP contribution < -0.4 is 5.11 Å². The lowest BCUT2D eigenvalue weighted by atomic mass is 10.1. The van der Waals surface area contributed by atoms with Crippen LogP contribution in [0.1, 0.15) is 18.1 Å². The maximum Gasteiger partial charge on any atom is 0.100 e. The number of carboxylic acid groups (broad SMARTS) is 1. The summed E-state index contributed by atoms with van der Waals surface area (Å²) in [7, 11) is 0. The van der Waals surface area contributed by atoms with E-state index in [2.05, 4.69) is 11.1 Å². The van der Waals surface area contributed by atoms with E-state index in [1.165, 1.54) is 11.8 Å². The first-order valence-electron chi connectivity index (χ1n) is 5.83. The van der Waals surface area contributed by atoms with Crippen molar-refractivity contribution in [3.63, 3.8) is 0 Å². The number of fused-ring (bicyclic) bond motifs is 1. The lowest BCUT2D eigenvalue weighted by Crippen LogP contribution is -2.24. The fourth-order valence-electron chi connectivity index (χ4n) is 1.88. The van der Waals surface area contributed by atoms with Gasteiger partial charge in [-0.1, -0.05) is 25.1 Å². The van der Waals surface area contributed by atoms with Crippen LogP contribution in [0.5, 0.6) is 0 Å². The maximum absolute atomic E-state index is 10.5. The zero-order valence-electron chi connectivity index (χ0n) is 10.4. The molecule has 0 amide bonds. The van der Waals surface area contributed by atoms with E-state index in [0.717, 1.165) is 33.5 Å². The predicted molar refractivity (Wildman–Crippen MR) is 71.6 cm³/mol. The summed E-state index contributed by atoms with van der Waals surface area (Å²) in [4.78, 5) is 15.1. The summed E-state index contributed by atoms with van der Waals surface area (Å²) in [5.41, 5.74) is 3.13. The normalized spacial score (nSPS) is 10.8. The van der Waals surface area contributed by atoms with Gasteiger partial charge in [-0.25, -0.2) is 4.98 Å². The number of hydrogen-bond acceptors (Lipinski definition) is 4. The summed E-state index contributed by atoms with van der Waals surface area (Å²) in [6.07, 6.45) is 0.840. The number of aromatic nitrogens is 1. The zero-order chi connectivity index (χ0) is 13.1. The Hall–Kier alpha value is -1.55. The van der Waals surface area contributed by atoms with Gasteiger partial charge in [0.25, 0.3) is 0 Å². The summed E-state index contributed by atoms with van der Waals surface area (Å²) < 4.78 is 0. The summed E-state index contributed by atoms with van der Waals surface area (Å²) >= 11 is 1.23. The predicted octanol–water partition coefficient (Wildman–Crippen LogP) is 1.95. The highest BCUT2D eigenvalue weighted by Gasteiger charge is 2.07. The summed E-state index contributed by atoms with van der Waals surface area (Å²) in [5.74, 6) is -1.12. The summed E-state index contributed by atoms with van der Waals surface area (Å²) in [6, 6.07) is 8.13. The number of nitrogens with zero attached hydrogens (tertiary/aromatic N) is 1. The molecule has 0 bridgehead atoms. The van der Waals surface area contributed by atoms with E-state index < -0.39 is 5.97 Å². The van der Waals surface area contributed by atoms with Gasteiger partial charge < -0.3 is 9.90 Å². The molecule has 0 fully saturated rings. The molecule has 0 unspecified atom stereocenters. The largest absolute Gasteiger partial charge is 0.549 e. The minimum atomic E-state index is -1.06. The van der Waals surface area contributed by atoms with Crippen molar-refractivity contribution in [2.75, 3.05) is 5.75 Å². The van der Waals surface area contributed by atoms with Crippen LogP contribution in [0.4, 0.5) is 0 Å². The molecular weight excluding hydrogens is 246 g/mol. The molecule has 0 saturated heterocycles. The van der Waals surface area contributed by atoms with Gasteiger partial charge in [-0.05, 0) is 30.5 Å². The topological polar surface area (TPSA) is 53.0 Å². The van der Waals surface area contributed by atoms with Crippen molar-refractivity contribution < 1.29 is 9.90 Å². The van der Waals surface area contributed by atoms with E-state index >= 15 is 0 Å². The highest BCUT2D eigenvalue weighted by atomic mass is 32.2. The third-order valence-corrected chi connectivity index (χ3v) is 3.80. The minimum Gasteiger partial charge on any atom is -0.549 e. The lowest BCUT2D eigenvalue weighted by Gasteiger charge is -2.10. The van der Waals surface area contributed by atoms with Gasteiger partial charge in [0.15, 0.2) is 0 Å². The number of rotatable bonds is 4. The Balaban J connectivity index is 2.50. The second-order valence-electron chi connectivity index (χ2n) is 4.11. The molecule has 0 N–H and O–H groups in total. The molecule has 18 heavy (non-hydrogen) atoms. The first kappa shape index (κ1) is 12.9. The second kappa shape index (κ2) is 5.40. The van der Waals surface area contributed by atoms with Crippen molar-refractivity contribution >= 4 is 28.6 Å². The SMILES string of the molecule is CCc1cc2cccc(C)c2nc1SCC(=O)[O-]. The number of aliphatic carboxylic acids is 1. The molecule has 1 heterocycles. The average molecular weight is 260 g/mol. The molecule has 1 aromatic carbocycles. The molecule has 2 aromatic rings. The van der Waals surface area contributed by atoms with Gasteiger partial charge in [0.2, 0.25) is 0 Å². The summed E-state index contributed by atoms with van der Waals surface area (Å²) in [6.45, 7) is 4.05. The number of hydrogen-bond donors (Lipinski definition) is 0. The standard InChI is InChI=1S/C14H15NO2S/c1-3-10-7-11-6-4-5-9(2)13(11)15-14(10)18-8-12(16)17/h4-7H,3,8H2,1-2H3,(H,16,17)/p-1. The van der Waals surface area contributed by atoms with E-state index in [-0.39, 0.29) is 5.75 Å². The van der Waals surface area contributed by atoms with Gasteiger partial charge in [-0.15, -0.1) is 11.8 Å². The van der Waals surface area contributed by atoms with Gasteiger partial charge in [-0.2, -0.15) is 0 Å². The van der Waals surface area contributed by atoms with Gasteiger partial charge in [0.05, 0.1) is 11.5 Å². The molecule has 0 spiro atoms. The van der Waals surface area contributed by atoms with Crippen molar-refractivity contribution in [1.82, 2.24) is 4.98 Å². The van der Waals surface area contributed by atoms with Crippen LogP contribution in [-0.4, -0.2) is 16.7 Å². The molecule has 2 rings (SSSR count). The number of aryl methyl sites for hydroxylation is 2. The van der Waals surface area contributed by atoms with Crippen LogP contribution in [0.3, 0.4) is 0 Å². The van der Waals surface area contributed by atoms with E-state index in [4.69, 9.17) is 0 Å². The molecule has 94 valence electrons. The van der Waals surface area contributed by atoms with Gasteiger partial charge in [-0.3, -0.25) is 0 Å². The van der Waals surface area contributed by atoms with Crippen LogP contribution >= 0.6 is 11.8 Å². The Morgan fingerprint density at radius 2 is 2.22 bits per heavy atom. The van der Waals surface area contributed by atoms with E-state index in [1.54, 1.807) is 0 Å². The maximum atomic E-state index is 10.5. The Morgan fingerprint density at radius 3 is 2.89 bits per heavy atom. The minimum absolute atomic E-state index is 0.0581. The van der Waals surface area contributed by atoms with Gasteiger partial charge in [0.1, 0.15) is 5.03 Å². The molecule has 0 radical (unpaired) electrons. The number of para-hydroxylation sites is 1. The van der Waals surface area contributed by atoms with Crippen LogP contribution in [0.2, 0.25) is 0 Å². The Morgan fingerprint density at radius 1 is 1.44 bits per heavy atom. The van der Waals surface area contributed by atoms with E-state index in [1.807, 2.05) is 32.0 Å². The van der Waals surface area contributed by atoms with Crippen molar-refractivity contribution in [2.45, 2.75) is 25.3 Å². The van der Waals surface area contributed by atoms with Gasteiger partial charge >= 0.3 is 0 Å². The zero-order valence-corrected chi connectivity index (χ0v) is 11.2. The molecule has 4 heteroatoms. The number of carbonyl (C=O) groups excluding carboxylic acids is 1. The van der Waals surface area contributed by atoms with Crippen molar-refractivity contribution in [2.24, 2.45) is 0 Å². The highest BCUT2D eigenvalue weighted by molar-refractivity contribution is 7.99. The highest BCUT2D eigenvalue weighted by Crippen LogP contribution is 2.26. The first-order chi connectivity index (χ1) is 8.61. The quantitative estimate of drug-likeness (QED) is 0.788. The molecule has 0 atom stereocenters. The van der Waals surface area contributed by atoms with Crippen molar-refractivity contribution in [3.8, 4) is 0 Å².